The molecule has 0 atom stereocenters. The van der Waals surface area contributed by atoms with Gasteiger partial charge >= 0.3 is 0 Å². The summed E-state index contributed by atoms with van der Waals surface area (Å²) in [6.07, 6.45) is 2.44. The van der Waals surface area contributed by atoms with Crippen molar-refractivity contribution in [3.05, 3.63) is 22.2 Å². The molecule has 18 heavy (non-hydrogen) atoms. The Labute approximate surface area is 115 Å². The van der Waals surface area contributed by atoms with Gasteiger partial charge in [-0.1, -0.05) is 15.9 Å². The summed E-state index contributed by atoms with van der Waals surface area (Å²) in [5.41, 5.74) is 7.31. The molecule has 1 aliphatic carbocycles. The smallest absolute Gasteiger partial charge is 0.257 e. The van der Waals surface area contributed by atoms with E-state index in [2.05, 4.69) is 21.2 Å². The number of hydrogen-bond donors (Lipinski definition) is 2. The lowest BCUT2D eigenvalue weighted by atomic mass is 10.2. The van der Waals surface area contributed by atoms with E-state index >= 15 is 0 Å². The molecule has 0 heterocycles. The molecule has 0 unspecified atom stereocenters. The number of aryl methyl sites for hydroxylation is 1. The second kappa shape index (κ2) is 5.61. The number of nitrogen functional groups attached to an aromatic ring is 1. The molecule has 0 aliphatic heterocycles. The number of rotatable bonds is 5. The number of halogens is 1. The summed E-state index contributed by atoms with van der Waals surface area (Å²) >= 11 is 3.36. The highest BCUT2D eigenvalue weighted by molar-refractivity contribution is 9.10. The molecular formula is C13H17BrN2O2. The summed E-state index contributed by atoms with van der Waals surface area (Å²) in [6, 6.07) is 3.68. The van der Waals surface area contributed by atoms with E-state index in [1.165, 1.54) is 12.8 Å². The number of carbonyl (C=O) groups excluding carboxylic acids is 1. The number of nitrogens with two attached hydrogens (primary N) is 1. The first-order valence-electron chi connectivity index (χ1n) is 6.01. The van der Waals surface area contributed by atoms with E-state index in [9.17, 15) is 4.79 Å². The van der Waals surface area contributed by atoms with Crippen LogP contribution < -0.4 is 15.8 Å². The summed E-state index contributed by atoms with van der Waals surface area (Å²) in [5, 5.41) is 2.85. The third-order valence-electron chi connectivity index (χ3n) is 2.90. The molecular weight excluding hydrogens is 296 g/mol. The third kappa shape index (κ3) is 3.63. The summed E-state index contributed by atoms with van der Waals surface area (Å²) < 4.78 is 6.38. The molecule has 1 amide bonds. The molecule has 1 aromatic rings. The maximum atomic E-state index is 11.6. The van der Waals surface area contributed by atoms with Gasteiger partial charge in [0.05, 0.1) is 5.69 Å². The minimum absolute atomic E-state index is 0.0133. The zero-order chi connectivity index (χ0) is 13.1. The van der Waals surface area contributed by atoms with Gasteiger partial charge in [-0.2, -0.15) is 0 Å². The third-order valence-corrected chi connectivity index (χ3v) is 3.36. The maximum Gasteiger partial charge on any atom is 0.257 e. The number of carbonyl (C=O) groups is 1. The fourth-order valence-corrected chi connectivity index (χ4v) is 2.31. The zero-order valence-corrected chi connectivity index (χ0v) is 11.9. The summed E-state index contributed by atoms with van der Waals surface area (Å²) in [4.78, 5) is 11.6. The Bertz CT molecular complexity index is 435. The molecule has 2 rings (SSSR count). The van der Waals surface area contributed by atoms with Gasteiger partial charge in [0.15, 0.2) is 6.61 Å². The van der Waals surface area contributed by atoms with E-state index in [4.69, 9.17) is 10.5 Å². The minimum Gasteiger partial charge on any atom is -0.481 e. The summed E-state index contributed by atoms with van der Waals surface area (Å²) in [5.74, 6) is 1.16. The van der Waals surface area contributed by atoms with E-state index in [1.54, 1.807) is 6.07 Å². The zero-order valence-electron chi connectivity index (χ0n) is 10.3. The van der Waals surface area contributed by atoms with Gasteiger partial charge in [0.1, 0.15) is 5.75 Å². The molecule has 0 aromatic heterocycles. The first-order valence-corrected chi connectivity index (χ1v) is 6.80. The van der Waals surface area contributed by atoms with Gasteiger partial charge in [0.25, 0.3) is 5.91 Å². The number of amides is 1. The molecule has 1 aliphatic rings. The average molecular weight is 313 g/mol. The molecule has 1 saturated carbocycles. The van der Waals surface area contributed by atoms with Crippen LogP contribution in [0, 0.1) is 12.8 Å². The van der Waals surface area contributed by atoms with Crippen LogP contribution in [-0.4, -0.2) is 19.1 Å². The van der Waals surface area contributed by atoms with Crippen LogP contribution in [0.2, 0.25) is 0 Å². The number of benzene rings is 1. The van der Waals surface area contributed by atoms with Gasteiger partial charge in [-0.3, -0.25) is 4.79 Å². The van der Waals surface area contributed by atoms with Crippen molar-refractivity contribution in [2.45, 2.75) is 19.8 Å². The van der Waals surface area contributed by atoms with Crippen molar-refractivity contribution in [2.24, 2.45) is 5.92 Å². The standard InChI is InChI=1S/C13H17BrN2O2/c1-8-4-10(14)5-11(15)13(8)18-7-12(17)16-6-9-2-3-9/h4-5,9H,2-3,6-7,15H2,1H3,(H,16,17). The van der Waals surface area contributed by atoms with Crippen molar-refractivity contribution in [3.8, 4) is 5.75 Å². The van der Waals surface area contributed by atoms with Gasteiger partial charge in [0.2, 0.25) is 0 Å². The van der Waals surface area contributed by atoms with E-state index in [0.29, 0.717) is 17.4 Å². The Morgan fingerprint density at radius 1 is 1.56 bits per heavy atom. The van der Waals surface area contributed by atoms with Gasteiger partial charge in [0, 0.05) is 11.0 Å². The number of nitrogens with one attached hydrogen (secondary N) is 1. The Morgan fingerprint density at radius 3 is 2.89 bits per heavy atom. The van der Waals surface area contributed by atoms with E-state index in [-0.39, 0.29) is 12.5 Å². The Morgan fingerprint density at radius 2 is 2.28 bits per heavy atom. The highest BCUT2D eigenvalue weighted by Gasteiger charge is 2.21. The monoisotopic (exact) mass is 312 g/mol. The van der Waals surface area contributed by atoms with Crippen LogP contribution >= 0.6 is 15.9 Å². The van der Waals surface area contributed by atoms with Crippen LogP contribution in [0.1, 0.15) is 18.4 Å². The SMILES string of the molecule is Cc1cc(Br)cc(N)c1OCC(=O)NCC1CC1. The number of hydrogen-bond acceptors (Lipinski definition) is 3. The van der Waals surface area contributed by atoms with Crippen LogP contribution in [-0.2, 0) is 4.79 Å². The lowest BCUT2D eigenvalue weighted by Gasteiger charge is -2.12. The van der Waals surface area contributed by atoms with Gasteiger partial charge in [-0.05, 0) is 43.4 Å². The normalized spacial score (nSPS) is 14.3. The fourth-order valence-electron chi connectivity index (χ4n) is 1.72. The maximum absolute atomic E-state index is 11.6. The Hall–Kier alpha value is -1.23. The highest BCUT2D eigenvalue weighted by atomic mass is 79.9. The van der Waals surface area contributed by atoms with Gasteiger partial charge < -0.3 is 15.8 Å². The van der Waals surface area contributed by atoms with Gasteiger partial charge in [-0.15, -0.1) is 0 Å². The van der Waals surface area contributed by atoms with E-state index in [1.807, 2.05) is 13.0 Å². The highest BCUT2D eigenvalue weighted by Crippen LogP contribution is 2.30. The molecule has 1 aromatic carbocycles. The topological polar surface area (TPSA) is 64.3 Å². The van der Waals surface area contributed by atoms with Crippen molar-refractivity contribution in [1.29, 1.82) is 0 Å². The molecule has 0 radical (unpaired) electrons. The van der Waals surface area contributed by atoms with Crippen LogP contribution in [0.15, 0.2) is 16.6 Å². The molecule has 5 heteroatoms. The van der Waals surface area contributed by atoms with Crippen molar-refractivity contribution >= 4 is 27.5 Å². The molecule has 4 nitrogen and oxygen atoms in total. The van der Waals surface area contributed by atoms with Gasteiger partial charge in [-0.25, -0.2) is 0 Å². The van der Waals surface area contributed by atoms with Crippen LogP contribution in [0.25, 0.3) is 0 Å². The quantitative estimate of drug-likeness (QED) is 0.820. The molecule has 1 fully saturated rings. The lowest BCUT2D eigenvalue weighted by Crippen LogP contribution is -2.30. The predicted molar refractivity (Wildman–Crippen MR) is 74.5 cm³/mol. The second-order valence-corrected chi connectivity index (χ2v) is 5.59. The minimum atomic E-state index is -0.0939. The van der Waals surface area contributed by atoms with Crippen LogP contribution in [0.3, 0.4) is 0 Å². The number of anilines is 1. The van der Waals surface area contributed by atoms with E-state index < -0.39 is 0 Å². The molecule has 3 N–H and O–H groups in total. The Kier molecular flexibility index (Phi) is 4.11. The van der Waals surface area contributed by atoms with E-state index in [0.717, 1.165) is 16.6 Å². The fraction of sp³-hybridized carbons (Fsp3) is 0.462. The second-order valence-electron chi connectivity index (χ2n) is 4.68. The molecule has 98 valence electrons. The van der Waals surface area contributed by atoms with Crippen molar-refractivity contribution in [2.75, 3.05) is 18.9 Å². The summed E-state index contributed by atoms with van der Waals surface area (Å²) in [6.45, 7) is 2.68. The van der Waals surface area contributed by atoms with Crippen molar-refractivity contribution in [1.82, 2.24) is 5.32 Å². The molecule has 0 bridgehead atoms. The summed E-state index contributed by atoms with van der Waals surface area (Å²) in [7, 11) is 0. The first kappa shape index (κ1) is 13.2. The molecule has 0 spiro atoms. The first-order chi connectivity index (χ1) is 8.56. The Balaban J connectivity index is 1.86. The van der Waals surface area contributed by atoms with Crippen molar-refractivity contribution < 1.29 is 9.53 Å². The molecule has 0 saturated heterocycles. The van der Waals surface area contributed by atoms with Crippen molar-refractivity contribution in [3.63, 3.8) is 0 Å². The average Bonchev–Trinajstić information content (AvgIpc) is 3.08. The largest absolute Gasteiger partial charge is 0.481 e. The predicted octanol–water partition coefficient (Wildman–Crippen LogP) is 2.24. The van der Waals surface area contributed by atoms with Crippen LogP contribution in [0.5, 0.6) is 5.75 Å². The number of ether oxygens (including phenoxy) is 1. The lowest BCUT2D eigenvalue weighted by molar-refractivity contribution is -0.123. The van der Waals surface area contributed by atoms with Crippen LogP contribution in [0.4, 0.5) is 5.69 Å².